The van der Waals surface area contributed by atoms with Crippen molar-refractivity contribution in [3.05, 3.63) is 34.9 Å². The van der Waals surface area contributed by atoms with Crippen molar-refractivity contribution in [2.45, 2.75) is 65.0 Å². The first-order valence-corrected chi connectivity index (χ1v) is 8.12. The van der Waals surface area contributed by atoms with Crippen LogP contribution < -0.4 is 5.73 Å². The second-order valence-corrected chi connectivity index (χ2v) is 6.50. The van der Waals surface area contributed by atoms with Gasteiger partial charge in [-0.05, 0) is 38.8 Å². The van der Waals surface area contributed by atoms with E-state index in [1.807, 2.05) is 0 Å². The number of nitrogens with two attached hydrogens (primary N) is 1. The van der Waals surface area contributed by atoms with Crippen LogP contribution >= 0.6 is 0 Å². The third-order valence-corrected chi connectivity index (χ3v) is 4.87. The molecular formula is C18H30N2. The smallest absolute Gasteiger partial charge is 0.0335 e. The molecule has 2 heteroatoms. The Kier molecular flexibility index (Phi) is 5.22. The van der Waals surface area contributed by atoms with E-state index in [0.29, 0.717) is 0 Å². The van der Waals surface area contributed by atoms with Crippen molar-refractivity contribution >= 4 is 0 Å². The number of rotatable bonds is 5. The van der Waals surface area contributed by atoms with Crippen molar-refractivity contribution in [1.82, 2.24) is 4.90 Å². The zero-order valence-corrected chi connectivity index (χ0v) is 13.4. The molecule has 0 heterocycles. The minimum atomic E-state index is 0.241. The Hall–Kier alpha value is -0.860. The summed E-state index contributed by atoms with van der Waals surface area (Å²) in [6.07, 6.45) is 6.58. The lowest BCUT2D eigenvalue weighted by atomic mass is 9.80. The van der Waals surface area contributed by atoms with Gasteiger partial charge in [-0.15, -0.1) is 0 Å². The third-order valence-electron chi connectivity index (χ3n) is 4.87. The molecule has 1 aliphatic carbocycles. The number of likely N-dealkylation sites (N-methyl/N-ethyl adjacent to an activating group) is 1. The molecule has 1 saturated carbocycles. The molecule has 0 atom stereocenters. The van der Waals surface area contributed by atoms with Crippen LogP contribution in [0.15, 0.2) is 18.2 Å². The molecule has 0 bridgehead atoms. The van der Waals surface area contributed by atoms with Gasteiger partial charge in [0, 0.05) is 18.6 Å². The van der Waals surface area contributed by atoms with Gasteiger partial charge in [-0.1, -0.05) is 55.5 Å². The molecular weight excluding hydrogens is 244 g/mol. The van der Waals surface area contributed by atoms with Crippen LogP contribution in [0.25, 0.3) is 0 Å². The van der Waals surface area contributed by atoms with E-state index in [1.165, 1.54) is 48.8 Å². The van der Waals surface area contributed by atoms with Gasteiger partial charge < -0.3 is 5.73 Å². The Morgan fingerprint density at radius 2 is 1.65 bits per heavy atom. The quantitative estimate of drug-likeness (QED) is 0.885. The van der Waals surface area contributed by atoms with Gasteiger partial charge in [-0.3, -0.25) is 4.90 Å². The number of hydrogen-bond acceptors (Lipinski definition) is 2. The maximum absolute atomic E-state index is 6.19. The number of benzene rings is 1. The Bertz CT molecular complexity index is 413. The Labute approximate surface area is 124 Å². The van der Waals surface area contributed by atoms with E-state index >= 15 is 0 Å². The Morgan fingerprint density at radius 1 is 1.05 bits per heavy atom. The molecule has 0 amide bonds. The van der Waals surface area contributed by atoms with Crippen LogP contribution in [0, 0.1) is 13.8 Å². The van der Waals surface area contributed by atoms with Gasteiger partial charge >= 0.3 is 0 Å². The number of aryl methyl sites for hydroxylation is 2. The molecule has 0 aliphatic heterocycles. The van der Waals surface area contributed by atoms with Crippen molar-refractivity contribution in [2.24, 2.45) is 5.73 Å². The minimum absolute atomic E-state index is 0.241. The lowest BCUT2D eigenvalue weighted by Gasteiger charge is -2.46. The van der Waals surface area contributed by atoms with Gasteiger partial charge in [0.25, 0.3) is 0 Å². The molecule has 20 heavy (non-hydrogen) atoms. The summed E-state index contributed by atoms with van der Waals surface area (Å²) in [5.41, 5.74) is 10.6. The minimum Gasteiger partial charge on any atom is -0.329 e. The summed E-state index contributed by atoms with van der Waals surface area (Å²) in [5, 5.41) is 0. The van der Waals surface area contributed by atoms with E-state index in [1.54, 1.807) is 0 Å². The fraction of sp³-hybridized carbons (Fsp3) is 0.667. The highest BCUT2D eigenvalue weighted by Crippen LogP contribution is 2.34. The lowest BCUT2D eigenvalue weighted by molar-refractivity contribution is 0.0546. The summed E-state index contributed by atoms with van der Waals surface area (Å²) in [6, 6.07) is 6.89. The molecule has 0 aromatic heterocycles. The van der Waals surface area contributed by atoms with E-state index in [4.69, 9.17) is 5.73 Å². The first-order chi connectivity index (χ1) is 9.59. The van der Waals surface area contributed by atoms with Crippen molar-refractivity contribution < 1.29 is 0 Å². The van der Waals surface area contributed by atoms with E-state index in [-0.39, 0.29) is 5.54 Å². The maximum Gasteiger partial charge on any atom is 0.0335 e. The van der Waals surface area contributed by atoms with E-state index in [9.17, 15) is 0 Å². The molecule has 1 aromatic carbocycles. The highest BCUT2D eigenvalue weighted by Gasteiger charge is 2.35. The second-order valence-electron chi connectivity index (χ2n) is 6.50. The topological polar surface area (TPSA) is 29.3 Å². The fourth-order valence-electron chi connectivity index (χ4n) is 3.85. The summed E-state index contributed by atoms with van der Waals surface area (Å²) in [5.74, 6) is 0. The van der Waals surface area contributed by atoms with Gasteiger partial charge in [-0.2, -0.15) is 0 Å². The van der Waals surface area contributed by atoms with Crippen molar-refractivity contribution in [2.75, 3.05) is 13.1 Å². The zero-order chi connectivity index (χ0) is 14.6. The molecule has 2 N–H and O–H groups in total. The molecule has 0 saturated heterocycles. The van der Waals surface area contributed by atoms with Gasteiger partial charge in [0.05, 0.1) is 0 Å². The monoisotopic (exact) mass is 274 g/mol. The summed E-state index contributed by atoms with van der Waals surface area (Å²) >= 11 is 0. The predicted octanol–water partition coefficient (Wildman–Crippen LogP) is 3.79. The summed E-state index contributed by atoms with van der Waals surface area (Å²) in [7, 11) is 0. The van der Waals surface area contributed by atoms with Crippen LogP contribution in [0.4, 0.5) is 0 Å². The molecule has 2 rings (SSSR count). The van der Waals surface area contributed by atoms with Crippen LogP contribution in [-0.2, 0) is 6.54 Å². The van der Waals surface area contributed by atoms with Crippen molar-refractivity contribution in [3.63, 3.8) is 0 Å². The molecule has 0 radical (unpaired) electrons. The van der Waals surface area contributed by atoms with E-state index in [2.05, 4.69) is 43.9 Å². The lowest BCUT2D eigenvalue weighted by Crippen LogP contribution is -2.54. The normalized spacial score (nSPS) is 18.4. The first kappa shape index (κ1) is 15.5. The second kappa shape index (κ2) is 6.73. The molecule has 1 aliphatic rings. The van der Waals surface area contributed by atoms with Crippen LogP contribution in [0.5, 0.6) is 0 Å². The molecule has 1 aromatic rings. The standard InChI is InChI=1S/C18H30N2/c1-4-20(18(14-19)8-6-5-7-9-18)13-17-11-15(2)10-16(3)12-17/h10-12H,4-9,13-14,19H2,1-3H3. The maximum atomic E-state index is 6.19. The number of hydrogen-bond donors (Lipinski definition) is 1. The van der Waals surface area contributed by atoms with Gasteiger partial charge in [0.1, 0.15) is 0 Å². The summed E-state index contributed by atoms with van der Waals surface area (Å²) < 4.78 is 0. The van der Waals surface area contributed by atoms with Crippen molar-refractivity contribution in [3.8, 4) is 0 Å². The number of nitrogens with zero attached hydrogens (tertiary/aromatic N) is 1. The highest BCUT2D eigenvalue weighted by molar-refractivity contribution is 5.28. The van der Waals surface area contributed by atoms with Crippen LogP contribution in [-0.4, -0.2) is 23.5 Å². The van der Waals surface area contributed by atoms with Gasteiger partial charge in [-0.25, -0.2) is 0 Å². The SMILES string of the molecule is CCN(Cc1cc(C)cc(C)c1)C1(CN)CCCCC1. The Morgan fingerprint density at radius 3 is 2.15 bits per heavy atom. The third kappa shape index (κ3) is 3.42. The molecule has 1 fully saturated rings. The average molecular weight is 274 g/mol. The molecule has 0 unspecified atom stereocenters. The molecule has 112 valence electrons. The molecule has 0 spiro atoms. The van der Waals surface area contributed by atoms with Crippen LogP contribution in [0.2, 0.25) is 0 Å². The highest BCUT2D eigenvalue weighted by atomic mass is 15.2. The first-order valence-electron chi connectivity index (χ1n) is 8.12. The van der Waals surface area contributed by atoms with Crippen LogP contribution in [0.3, 0.4) is 0 Å². The fourth-order valence-corrected chi connectivity index (χ4v) is 3.85. The van der Waals surface area contributed by atoms with Gasteiger partial charge in [0.2, 0.25) is 0 Å². The largest absolute Gasteiger partial charge is 0.329 e. The Balaban J connectivity index is 2.18. The van der Waals surface area contributed by atoms with Gasteiger partial charge in [0.15, 0.2) is 0 Å². The van der Waals surface area contributed by atoms with E-state index in [0.717, 1.165) is 19.6 Å². The van der Waals surface area contributed by atoms with Crippen molar-refractivity contribution in [1.29, 1.82) is 0 Å². The molecule has 2 nitrogen and oxygen atoms in total. The zero-order valence-electron chi connectivity index (χ0n) is 13.4. The average Bonchev–Trinajstić information content (AvgIpc) is 2.44. The van der Waals surface area contributed by atoms with Crippen LogP contribution in [0.1, 0.15) is 55.7 Å². The predicted molar refractivity (Wildman–Crippen MR) is 86.9 cm³/mol. The summed E-state index contributed by atoms with van der Waals surface area (Å²) in [4.78, 5) is 2.63. The van der Waals surface area contributed by atoms with E-state index < -0.39 is 0 Å². The summed E-state index contributed by atoms with van der Waals surface area (Å²) in [6.45, 7) is 9.57.